The van der Waals surface area contributed by atoms with Gasteiger partial charge in [0, 0.05) is 13.0 Å². The van der Waals surface area contributed by atoms with Gasteiger partial charge in [-0.3, -0.25) is 4.79 Å². The van der Waals surface area contributed by atoms with Crippen molar-refractivity contribution < 1.29 is 17.9 Å². The number of ether oxygens (including phenoxy) is 1. The summed E-state index contributed by atoms with van der Waals surface area (Å²) in [5, 5.41) is 0. The van der Waals surface area contributed by atoms with Crippen LogP contribution in [-0.2, 0) is 34.2 Å². The highest BCUT2D eigenvalue weighted by molar-refractivity contribution is 7.89. The fourth-order valence-electron chi connectivity index (χ4n) is 3.45. The summed E-state index contributed by atoms with van der Waals surface area (Å²) in [6.45, 7) is 0.694. The highest BCUT2D eigenvalue weighted by Crippen LogP contribution is 2.32. The van der Waals surface area contributed by atoms with Crippen molar-refractivity contribution in [3.8, 4) is 5.75 Å². The van der Waals surface area contributed by atoms with Gasteiger partial charge in [0.05, 0.1) is 11.5 Å². The molecular formula is C18H18N2O4S. The Hall–Kier alpha value is -2.38. The molecular weight excluding hydrogens is 340 g/mol. The Morgan fingerprint density at radius 2 is 1.88 bits per heavy atom. The Kier molecular flexibility index (Phi) is 3.77. The summed E-state index contributed by atoms with van der Waals surface area (Å²) in [5.74, 6) is 0.0805. The van der Waals surface area contributed by atoms with Gasteiger partial charge in [0.25, 0.3) is 0 Å². The zero-order valence-electron chi connectivity index (χ0n) is 13.5. The van der Waals surface area contributed by atoms with Gasteiger partial charge >= 0.3 is 0 Å². The van der Waals surface area contributed by atoms with Gasteiger partial charge in [0.2, 0.25) is 15.9 Å². The van der Waals surface area contributed by atoms with Crippen LogP contribution in [0.25, 0.3) is 0 Å². The lowest BCUT2D eigenvalue weighted by molar-refractivity contribution is -0.122. The van der Waals surface area contributed by atoms with E-state index in [0.717, 1.165) is 22.4 Å². The van der Waals surface area contributed by atoms with E-state index < -0.39 is 22.0 Å². The minimum Gasteiger partial charge on any atom is -0.493 e. The highest BCUT2D eigenvalue weighted by Gasteiger charge is 2.38. The Morgan fingerprint density at radius 3 is 2.64 bits per heavy atom. The van der Waals surface area contributed by atoms with Gasteiger partial charge in [-0.25, -0.2) is 8.42 Å². The van der Waals surface area contributed by atoms with Gasteiger partial charge in [0.15, 0.2) is 0 Å². The van der Waals surface area contributed by atoms with Crippen LogP contribution in [0, 0.1) is 0 Å². The zero-order chi connectivity index (χ0) is 17.6. The van der Waals surface area contributed by atoms with Gasteiger partial charge in [-0.1, -0.05) is 24.3 Å². The van der Waals surface area contributed by atoms with E-state index >= 15 is 0 Å². The minimum atomic E-state index is -3.84. The molecule has 2 aromatic carbocycles. The third kappa shape index (κ3) is 2.69. The lowest BCUT2D eigenvalue weighted by Gasteiger charge is -2.34. The van der Waals surface area contributed by atoms with Crippen LogP contribution in [-0.4, -0.2) is 31.3 Å². The molecule has 0 radical (unpaired) electrons. The molecule has 0 saturated carbocycles. The third-order valence-corrected chi connectivity index (χ3v) is 6.65. The topological polar surface area (TPSA) is 89.7 Å². The molecule has 130 valence electrons. The summed E-state index contributed by atoms with van der Waals surface area (Å²) in [7, 11) is -3.84. The summed E-state index contributed by atoms with van der Waals surface area (Å²) < 4.78 is 33.0. The number of carbonyl (C=O) groups excluding carboxylic acids is 1. The van der Waals surface area contributed by atoms with E-state index in [1.54, 1.807) is 12.1 Å². The van der Waals surface area contributed by atoms with Crippen LogP contribution < -0.4 is 10.5 Å². The number of primary amides is 1. The normalized spacial score (nSPS) is 19.8. The van der Waals surface area contributed by atoms with Crippen LogP contribution in [0.1, 0.15) is 16.7 Å². The van der Waals surface area contributed by atoms with E-state index in [1.165, 1.54) is 10.4 Å². The van der Waals surface area contributed by atoms with E-state index in [4.69, 9.17) is 10.5 Å². The van der Waals surface area contributed by atoms with Crippen LogP contribution in [0.15, 0.2) is 47.4 Å². The number of amides is 1. The first-order valence-corrected chi connectivity index (χ1v) is 9.54. The van der Waals surface area contributed by atoms with Gasteiger partial charge in [0.1, 0.15) is 11.8 Å². The van der Waals surface area contributed by atoms with Crippen LogP contribution in [0.4, 0.5) is 0 Å². The second kappa shape index (κ2) is 5.86. The van der Waals surface area contributed by atoms with Gasteiger partial charge in [-0.2, -0.15) is 4.31 Å². The lowest BCUT2D eigenvalue weighted by atomic mass is 9.96. The molecule has 0 unspecified atom stereocenters. The Morgan fingerprint density at radius 1 is 1.12 bits per heavy atom. The molecule has 6 nitrogen and oxygen atoms in total. The molecule has 1 amide bonds. The lowest BCUT2D eigenvalue weighted by Crippen LogP contribution is -2.51. The van der Waals surface area contributed by atoms with Crippen molar-refractivity contribution in [1.82, 2.24) is 4.31 Å². The fraction of sp³-hybridized carbons (Fsp3) is 0.278. The van der Waals surface area contributed by atoms with E-state index in [9.17, 15) is 13.2 Å². The molecule has 0 bridgehead atoms. The number of nitrogens with zero attached hydrogens (tertiary/aromatic N) is 1. The molecule has 0 aromatic heterocycles. The predicted molar refractivity (Wildman–Crippen MR) is 91.5 cm³/mol. The standard InChI is InChI=1S/C18H18N2O4S/c19-18(21)16-10-12-3-1-2-4-14(12)11-20(16)25(22,23)15-5-6-17-13(9-15)7-8-24-17/h1-6,9,16H,7-8,10-11H2,(H2,19,21)/t16-/m0/s1. The summed E-state index contributed by atoms with van der Waals surface area (Å²) in [6, 6.07) is 11.5. The SMILES string of the molecule is NC(=O)[C@@H]1Cc2ccccc2CN1S(=O)(=O)c1ccc2c(c1)CCO2. The quantitative estimate of drug-likeness (QED) is 0.893. The van der Waals surface area contributed by atoms with E-state index in [2.05, 4.69) is 0 Å². The van der Waals surface area contributed by atoms with Crippen molar-refractivity contribution in [1.29, 1.82) is 0 Å². The number of hydrogen-bond donors (Lipinski definition) is 1. The second-order valence-corrected chi connectivity index (χ2v) is 8.20. The van der Waals surface area contributed by atoms with Crippen LogP contribution in [0.5, 0.6) is 5.75 Å². The summed E-state index contributed by atoms with van der Waals surface area (Å²) in [6.07, 6.45) is 0.972. The number of benzene rings is 2. The molecule has 2 heterocycles. The van der Waals surface area contributed by atoms with Gasteiger partial charge < -0.3 is 10.5 Å². The molecule has 7 heteroatoms. The van der Waals surface area contributed by atoms with Crippen molar-refractivity contribution in [2.75, 3.05) is 6.61 Å². The van der Waals surface area contributed by atoms with E-state index in [-0.39, 0.29) is 11.4 Å². The molecule has 0 fully saturated rings. The summed E-state index contributed by atoms with van der Waals surface area (Å²) in [4.78, 5) is 12.1. The Labute approximate surface area is 146 Å². The van der Waals surface area contributed by atoms with Crippen molar-refractivity contribution in [3.05, 3.63) is 59.2 Å². The van der Waals surface area contributed by atoms with E-state index in [1.807, 2.05) is 24.3 Å². The predicted octanol–water partition coefficient (Wildman–Crippen LogP) is 1.22. The van der Waals surface area contributed by atoms with Crippen molar-refractivity contribution in [2.45, 2.75) is 30.3 Å². The molecule has 0 aliphatic carbocycles. The smallest absolute Gasteiger partial charge is 0.244 e. The average Bonchev–Trinajstić information content (AvgIpc) is 3.08. The number of fused-ring (bicyclic) bond motifs is 2. The first-order chi connectivity index (χ1) is 12.0. The minimum absolute atomic E-state index is 0.139. The maximum atomic E-state index is 13.2. The number of rotatable bonds is 3. The van der Waals surface area contributed by atoms with E-state index in [0.29, 0.717) is 19.4 Å². The molecule has 1 atom stereocenters. The second-order valence-electron chi connectivity index (χ2n) is 6.31. The maximum absolute atomic E-state index is 13.2. The molecule has 25 heavy (non-hydrogen) atoms. The largest absolute Gasteiger partial charge is 0.493 e. The summed E-state index contributed by atoms with van der Waals surface area (Å²) in [5.41, 5.74) is 8.24. The first kappa shape index (κ1) is 16.1. The summed E-state index contributed by atoms with van der Waals surface area (Å²) >= 11 is 0. The first-order valence-electron chi connectivity index (χ1n) is 8.10. The molecule has 2 aromatic rings. The molecule has 0 spiro atoms. The maximum Gasteiger partial charge on any atom is 0.244 e. The Bertz CT molecular complexity index is 955. The molecule has 4 rings (SSSR count). The molecule has 0 saturated heterocycles. The monoisotopic (exact) mass is 358 g/mol. The number of nitrogens with two attached hydrogens (primary N) is 1. The van der Waals surface area contributed by atoms with Crippen molar-refractivity contribution in [3.63, 3.8) is 0 Å². The van der Waals surface area contributed by atoms with Gasteiger partial charge in [-0.05, 0) is 41.3 Å². The fourth-order valence-corrected chi connectivity index (χ4v) is 5.08. The third-order valence-electron chi connectivity index (χ3n) is 4.80. The van der Waals surface area contributed by atoms with Crippen LogP contribution >= 0.6 is 0 Å². The average molecular weight is 358 g/mol. The molecule has 2 aliphatic heterocycles. The number of carbonyl (C=O) groups is 1. The Balaban J connectivity index is 1.77. The van der Waals surface area contributed by atoms with Crippen LogP contribution in [0.3, 0.4) is 0 Å². The molecule has 2 N–H and O–H groups in total. The van der Waals surface area contributed by atoms with Crippen molar-refractivity contribution in [2.24, 2.45) is 5.73 Å². The number of sulfonamides is 1. The zero-order valence-corrected chi connectivity index (χ0v) is 14.3. The highest BCUT2D eigenvalue weighted by atomic mass is 32.2. The molecule has 2 aliphatic rings. The number of hydrogen-bond acceptors (Lipinski definition) is 4. The van der Waals surface area contributed by atoms with Gasteiger partial charge in [-0.15, -0.1) is 0 Å². The van der Waals surface area contributed by atoms with Crippen molar-refractivity contribution >= 4 is 15.9 Å². The van der Waals surface area contributed by atoms with Crippen LogP contribution in [0.2, 0.25) is 0 Å².